The smallest absolute Gasteiger partial charge is 0.223 e. The van der Waals surface area contributed by atoms with Crippen molar-refractivity contribution in [2.24, 2.45) is 11.8 Å². The predicted molar refractivity (Wildman–Crippen MR) is 92.9 cm³/mol. The number of benzene rings is 1. The molecule has 0 aromatic heterocycles. The predicted octanol–water partition coefficient (Wildman–Crippen LogP) is 2.14. The standard InChI is InChI=1S/C19H29N3O/c1-15(18-11-20-12-18)19(23)21-13-16-7-3-4-8-17(16)14-22-9-5-2-6-10-22/h3-4,7-8,15,18,20H,2,5-6,9-14H2,1H3,(H,21,23). The van der Waals surface area contributed by atoms with Gasteiger partial charge >= 0.3 is 0 Å². The van der Waals surface area contributed by atoms with E-state index in [1.165, 1.54) is 43.5 Å². The summed E-state index contributed by atoms with van der Waals surface area (Å²) < 4.78 is 0. The third-order valence-electron chi connectivity index (χ3n) is 5.35. The molecule has 2 aliphatic heterocycles. The van der Waals surface area contributed by atoms with Crippen molar-refractivity contribution in [2.45, 2.75) is 39.3 Å². The second-order valence-electron chi connectivity index (χ2n) is 7.03. The quantitative estimate of drug-likeness (QED) is 0.845. The second-order valence-corrected chi connectivity index (χ2v) is 7.03. The highest BCUT2D eigenvalue weighted by Gasteiger charge is 2.28. The van der Waals surface area contributed by atoms with Gasteiger partial charge in [-0.1, -0.05) is 37.6 Å². The number of nitrogens with one attached hydrogen (secondary N) is 2. The normalized spacial score (nSPS) is 20.7. The first-order valence-corrected chi connectivity index (χ1v) is 9.01. The summed E-state index contributed by atoms with van der Waals surface area (Å²) >= 11 is 0. The Kier molecular flexibility index (Phi) is 5.68. The van der Waals surface area contributed by atoms with E-state index in [-0.39, 0.29) is 11.8 Å². The minimum atomic E-state index is 0.102. The van der Waals surface area contributed by atoms with Gasteiger partial charge in [-0.2, -0.15) is 0 Å². The molecule has 2 fully saturated rings. The number of nitrogens with zero attached hydrogens (tertiary/aromatic N) is 1. The Morgan fingerprint density at radius 1 is 1.22 bits per heavy atom. The highest BCUT2D eigenvalue weighted by atomic mass is 16.1. The van der Waals surface area contributed by atoms with Crippen molar-refractivity contribution in [1.29, 1.82) is 0 Å². The first kappa shape index (κ1) is 16.5. The molecule has 3 rings (SSSR count). The Morgan fingerprint density at radius 3 is 2.57 bits per heavy atom. The van der Waals surface area contributed by atoms with Gasteiger partial charge in [-0.15, -0.1) is 0 Å². The van der Waals surface area contributed by atoms with Crippen LogP contribution in [0.2, 0.25) is 0 Å². The summed E-state index contributed by atoms with van der Waals surface area (Å²) in [5.74, 6) is 0.786. The van der Waals surface area contributed by atoms with E-state index < -0.39 is 0 Å². The van der Waals surface area contributed by atoms with Gasteiger partial charge in [0.2, 0.25) is 5.91 Å². The van der Waals surface area contributed by atoms with Crippen molar-refractivity contribution in [3.05, 3.63) is 35.4 Å². The lowest BCUT2D eigenvalue weighted by atomic mass is 9.88. The van der Waals surface area contributed by atoms with Crippen LogP contribution in [0.15, 0.2) is 24.3 Å². The molecule has 1 unspecified atom stereocenters. The molecule has 0 bridgehead atoms. The molecule has 2 saturated heterocycles. The van der Waals surface area contributed by atoms with Gasteiger partial charge in [-0.3, -0.25) is 9.69 Å². The Labute approximate surface area is 139 Å². The third kappa shape index (κ3) is 4.33. The molecule has 23 heavy (non-hydrogen) atoms. The Hall–Kier alpha value is -1.39. The lowest BCUT2D eigenvalue weighted by Crippen LogP contribution is -2.49. The van der Waals surface area contributed by atoms with Crippen LogP contribution in [0.3, 0.4) is 0 Å². The fourth-order valence-electron chi connectivity index (χ4n) is 3.46. The van der Waals surface area contributed by atoms with Gasteiger partial charge < -0.3 is 10.6 Å². The molecule has 1 atom stereocenters. The molecule has 2 heterocycles. The lowest BCUT2D eigenvalue weighted by Gasteiger charge is -2.31. The van der Waals surface area contributed by atoms with Gasteiger partial charge in [0, 0.05) is 19.0 Å². The molecule has 0 saturated carbocycles. The van der Waals surface area contributed by atoms with Crippen LogP contribution in [0.1, 0.15) is 37.3 Å². The number of rotatable bonds is 6. The number of piperidine rings is 1. The summed E-state index contributed by atoms with van der Waals surface area (Å²) in [6.07, 6.45) is 3.99. The summed E-state index contributed by atoms with van der Waals surface area (Å²) in [4.78, 5) is 14.8. The van der Waals surface area contributed by atoms with Crippen molar-refractivity contribution in [3.8, 4) is 0 Å². The van der Waals surface area contributed by atoms with Crippen LogP contribution in [0.25, 0.3) is 0 Å². The Bertz CT molecular complexity index is 521. The van der Waals surface area contributed by atoms with Crippen molar-refractivity contribution >= 4 is 5.91 Å². The van der Waals surface area contributed by atoms with Gasteiger partial charge in [0.25, 0.3) is 0 Å². The molecule has 1 aromatic carbocycles. The van der Waals surface area contributed by atoms with E-state index in [1.54, 1.807) is 0 Å². The number of carbonyl (C=O) groups excluding carboxylic acids is 1. The maximum Gasteiger partial charge on any atom is 0.223 e. The zero-order valence-corrected chi connectivity index (χ0v) is 14.2. The van der Waals surface area contributed by atoms with Crippen molar-refractivity contribution in [2.75, 3.05) is 26.2 Å². The number of hydrogen-bond donors (Lipinski definition) is 2. The zero-order chi connectivity index (χ0) is 16.1. The number of likely N-dealkylation sites (tertiary alicyclic amines) is 1. The Balaban J connectivity index is 1.55. The van der Waals surface area contributed by atoms with E-state index in [9.17, 15) is 4.79 Å². The molecule has 1 amide bonds. The average Bonchev–Trinajstić information content (AvgIpc) is 2.53. The molecule has 126 valence electrons. The summed E-state index contributed by atoms with van der Waals surface area (Å²) in [6, 6.07) is 8.53. The Morgan fingerprint density at radius 2 is 1.91 bits per heavy atom. The topological polar surface area (TPSA) is 44.4 Å². The molecule has 2 aliphatic rings. The maximum atomic E-state index is 12.3. The van der Waals surface area contributed by atoms with E-state index in [0.717, 1.165) is 19.6 Å². The van der Waals surface area contributed by atoms with Gasteiger partial charge in [0.15, 0.2) is 0 Å². The fraction of sp³-hybridized carbons (Fsp3) is 0.632. The summed E-state index contributed by atoms with van der Waals surface area (Å²) in [5.41, 5.74) is 2.61. The molecule has 0 spiro atoms. The van der Waals surface area contributed by atoms with Crippen LogP contribution >= 0.6 is 0 Å². The molecule has 0 radical (unpaired) electrons. The van der Waals surface area contributed by atoms with Crippen molar-refractivity contribution in [3.63, 3.8) is 0 Å². The van der Waals surface area contributed by atoms with Crippen molar-refractivity contribution in [1.82, 2.24) is 15.5 Å². The SMILES string of the molecule is CC(C(=O)NCc1ccccc1CN1CCCCC1)C1CNC1. The highest BCUT2D eigenvalue weighted by molar-refractivity contribution is 5.78. The zero-order valence-electron chi connectivity index (χ0n) is 14.2. The minimum absolute atomic E-state index is 0.102. The first-order chi connectivity index (χ1) is 11.2. The van der Waals surface area contributed by atoms with Crippen LogP contribution in [0.5, 0.6) is 0 Å². The summed E-state index contributed by atoms with van der Waals surface area (Å²) in [6.45, 7) is 8.04. The van der Waals surface area contributed by atoms with Gasteiger partial charge in [-0.25, -0.2) is 0 Å². The van der Waals surface area contributed by atoms with Crippen LogP contribution in [-0.2, 0) is 17.9 Å². The van der Waals surface area contributed by atoms with Gasteiger partial charge in [0.1, 0.15) is 0 Å². The number of amides is 1. The highest BCUT2D eigenvalue weighted by Crippen LogP contribution is 2.18. The van der Waals surface area contributed by atoms with Crippen LogP contribution in [-0.4, -0.2) is 37.0 Å². The molecule has 0 aliphatic carbocycles. The largest absolute Gasteiger partial charge is 0.352 e. The summed E-state index contributed by atoms with van der Waals surface area (Å²) in [5, 5.41) is 6.38. The van der Waals surface area contributed by atoms with E-state index >= 15 is 0 Å². The average molecular weight is 315 g/mol. The van der Waals surface area contributed by atoms with Crippen LogP contribution in [0.4, 0.5) is 0 Å². The number of hydrogen-bond acceptors (Lipinski definition) is 3. The maximum absolute atomic E-state index is 12.3. The van der Waals surface area contributed by atoms with Gasteiger partial charge in [0.05, 0.1) is 0 Å². The van der Waals surface area contributed by atoms with E-state index in [1.807, 2.05) is 6.92 Å². The molecular weight excluding hydrogens is 286 g/mol. The number of carbonyl (C=O) groups is 1. The molecule has 4 nitrogen and oxygen atoms in total. The third-order valence-corrected chi connectivity index (χ3v) is 5.35. The van der Waals surface area contributed by atoms with E-state index in [4.69, 9.17) is 0 Å². The molecule has 1 aromatic rings. The van der Waals surface area contributed by atoms with Crippen LogP contribution in [0, 0.1) is 11.8 Å². The van der Waals surface area contributed by atoms with E-state index in [2.05, 4.69) is 39.8 Å². The molecular formula is C19H29N3O. The first-order valence-electron chi connectivity index (χ1n) is 9.01. The summed E-state index contributed by atoms with van der Waals surface area (Å²) in [7, 11) is 0. The minimum Gasteiger partial charge on any atom is -0.352 e. The second kappa shape index (κ2) is 7.93. The van der Waals surface area contributed by atoms with E-state index in [0.29, 0.717) is 12.5 Å². The fourth-order valence-corrected chi connectivity index (χ4v) is 3.46. The molecule has 4 heteroatoms. The van der Waals surface area contributed by atoms with Crippen LogP contribution < -0.4 is 10.6 Å². The monoisotopic (exact) mass is 315 g/mol. The van der Waals surface area contributed by atoms with Crippen molar-refractivity contribution < 1.29 is 4.79 Å². The molecule has 2 N–H and O–H groups in total. The van der Waals surface area contributed by atoms with Gasteiger partial charge in [-0.05, 0) is 56.1 Å². The lowest BCUT2D eigenvalue weighted by molar-refractivity contribution is -0.126.